The van der Waals surface area contributed by atoms with Crippen LogP contribution in [0.15, 0.2) is 41.4 Å². The Morgan fingerprint density at radius 1 is 1.29 bits per heavy atom. The van der Waals surface area contributed by atoms with Gasteiger partial charge < -0.3 is 5.32 Å². The average molecular weight is 365 g/mol. The molecule has 0 fully saturated rings. The van der Waals surface area contributed by atoms with Crippen molar-refractivity contribution >= 4 is 23.4 Å². The zero-order valence-electron chi connectivity index (χ0n) is 12.2. The minimum atomic E-state index is -4.59. The van der Waals surface area contributed by atoms with Crippen LogP contribution in [-0.4, -0.2) is 21.4 Å². The van der Waals surface area contributed by atoms with Crippen LogP contribution in [0.25, 0.3) is 0 Å². The number of carbonyl (C=O) groups is 1. The average Bonchev–Trinajstić information content (AvgIpc) is 2.95. The first kappa shape index (κ1) is 18.2. The first-order valence-electron chi connectivity index (χ1n) is 6.65. The molecule has 1 heterocycles. The quantitative estimate of drug-likeness (QED) is 0.630. The fourth-order valence-corrected chi connectivity index (χ4v) is 2.38. The number of amides is 1. The Hall–Kier alpha value is -2.10. The molecular formula is C14H12F5N3OS. The Morgan fingerprint density at radius 2 is 2.00 bits per heavy atom. The zero-order chi connectivity index (χ0) is 17.9. The molecule has 0 bridgehead atoms. The Bertz CT molecular complexity index is 716. The Morgan fingerprint density at radius 3 is 2.58 bits per heavy atom. The topological polar surface area (TPSA) is 46.9 Å². The molecule has 0 saturated heterocycles. The summed E-state index contributed by atoms with van der Waals surface area (Å²) >= 11 is 0.323. The fourth-order valence-electron chi connectivity index (χ4n) is 1.82. The first-order chi connectivity index (χ1) is 11.2. The van der Waals surface area contributed by atoms with Gasteiger partial charge in [0.15, 0.2) is 5.69 Å². The van der Waals surface area contributed by atoms with Crippen molar-refractivity contribution in [2.75, 3.05) is 5.32 Å². The third kappa shape index (κ3) is 4.70. The van der Waals surface area contributed by atoms with E-state index in [9.17, 15) is 26.7 Å². The summed E-state index contributed by atoms with van der Waals surface area (Å²) in [6.07, 6.45) is -3.54. The number of hydrogen-bond donors (Lipinski definition) is 1. The van der Waals surface area contributed by atoms with E-state index in [2.05, 4.69) is 10.4 Å². The number of nitrogens with zero attached hydrogens (tertiary/aromatic N) is 2. The summed E-state index contributed by atoms with van der Waals surface area (Å²) in [6.45, 7) is 1.38. The lowest BCUT2D eigenvalue weighted by molar-refractivity contribution is -0.141. The van der Waals surface area contributed by atoms with E-state index in [4.69, 9.17) is 0 Å². The van der Waals surface area contributed by atoms with Gasteiger partial charge in [-0.05, 0) is 31.2 Å². The monoisotopic (exact) mass is 365 g/mol. The number of rotatable bonds is 5. The van der Waals surface area contributed by atoms with Crippen molar-refractivity contribution in [2.45, 2.75) is 29.8 Å². The summed E-state index contributed by atoms with van der Waals surface area (Å²) in [5.74, 6) is -3.22. The smallest absolute Gasteiger partial charge is 0.324 e. The summed E-state index contributed by atoms with van der Waals surface area (Å²) in [6, 6.07) is 5.55. The molecule has 4 nitrogen and oxygen atoms in total. The summed E-state index contributed by atoms with van der Waals surface area (Å²) in [5, 5.41) is 5.79. The zero-order valence-corrected chi connectivity index (χ0v) is 13.0. The Balaban J connectivity index is 2.08. The molecule has 2 aromatic rings. The van der Waals surface area contributed by atoms with Gasteiger partial charge in [0.1, 0.15) is 6.04 Å². The highest BCUT2D eigenvalue weighted by Gasteiger charge is 2.34. The number of benzene rings is 1. The number of anilines is 1. The van der Waals surface area contributed by atoms with Gasteiger partial charge in [-0.15, -0.1) is 0 Å². The van der Waals surface area contributed by atoms with Gasteiger partial charge in [0, 0.05) is 16.8 Å². The van der Waals surface area contributed by atoms with Crippen molar-refractivity contribution in [3.05, 3.63) is 42.2 Å². The minimum absolute atomic E-state index is 0.258. The molecule has 130 valence electrons. The molecule has 1 atom stereocenters. The van der Waals surface area contributed by atoms with Crippen LogP contribution in [0, 0.1) is 0 Å². The SMILES string of the molecule is CC(C(=O)Nc1cccc(SC(F)F)c1)n1ccc(C(F)(F)F)n1. The van der Waals surface area contributed by atoms with E-state index in [1.165, 1.54) is 31.2 Å². The van der Waals surface area contributed by atoms with Gasteiger partial charge in [0.25, 0.3) is 5.76 Å². The lowest BCUT2D eigenvalue weighted by Gasteiger charge is -2.13. The van der Waals surface area contributed by atoms with E-state index < -0.39 is 29.6 Å². The van der Waals surface area contributed by atoms with Gasteiger partial charge in [-0.25, -0.2) is 0 Å². The molecular weight excluding hydrogens is 353 g/mol. The predicted octanol–water partition coefficient (Wildman–Crippen LogP) is 4.42. The van der Waals surface area contributed by atoms with Crippen LogP contribution >= 0.6 is 11.8 Å². The lowest BCUT2D eigenvalue weighted by atomic mass is 10.2. The van der Waals surface area contributed by atoms with Gasteiger partial charge >= 0.3 is 6.18 Å². The molecule has 0 aliphatic carbocycles. The molecule has 0 aliphatic rings. The maximum Gasteiger partial charge on any atom is 0.435 e. The molecule has 24 heavy (non-hydrogen) atoms. The molecule has 1 aromatic carbocycles. The molecule has 10 heteroatoms. The summed E-state index contributed by atoms with van der Waals surface area (Å²) in [7, 11) is 0. The third-order valence-corrected chi connectivity index (χ3v) is 3.71. The van der Waals surface area contributed by atoms with Crippen molar-refractivity contribution in [1.29, 1.82) is 0 Å². The number of carbonyl (C=O) groups excluding carboxylic acids is 1. The van der Waals surface area contributed by atoms with E-state index in [1.54, 1.807) is 0 Å². The van der Waals surface area contributed by atoms with Crippen LogP contribution in [-0.2, 0) is 11.0 Å². The van der Waals surface area contributed by atoms with Crippen LogP contribution in [0.1, 0.15) is 18.7 Å². The molecule has 0 aliphatic heterocycles. The summed E-state index contributed by atoms with van der Waals surface area (Å²) in [5.41, 5.74) is -0.835. The summed E-state index contributed by atoms with van der Waals surface area (Å²) in [4.78, 5) is 12.4. The van der Waals surface area contributed by atoms with E-state index in [1.807, 2.05) is 0 Å². The van der Waals surface area contributed by atoms with Crippen molar-refractivity contribution in [2.24, 2.45) is 0 Å². The van der Waals surface area contributed by atoms with Crippen molar-refractivity contribution in [3.8, 4) is 0 Å². The predicted molar refractivity (Wildman–Crippen MR) is 78.9 cm³/mol. The number of aromatic nitrogens is 2. The lowest BCUT2D eigenvalue weighted by Crippen LogP contribution is -2.24. The van der Waals surface area contributed by atoms with Crippen molar-refractivity contribution < 1.29 is 26.7 Å². The van der Waals surface area contributed by atoms with Gasteiger partial charge in [-0.3, -0.25) is 9.48 Å². The highest BCUT2D eigenvalue weighted by Crippen LogP contribution is 2.29. The second-order valence-corrected chi connectivity index (χ2v) is 5.81. The van der Waals surface area contributed by atoms with Gasteiger partial charge in [0.2, 0.25) is 5.91 Å². The van der Waals surface area contributed by atoms with Crippen LogP contribution in [0.5, 0.6) is 0 Å². The molecule has 1 N–H and O–H groups in total. The van der Waals surface area contributed by atoms with Crippen LogP contribution in [0.4, 0.5) is 27.6 Å². The fraction of sp³-hybridized carbons (Fsp3) is 0.286. The number of halogens is 5. The Labute approximate surface area is 138 Å². The van der Waals surface area contributed by atoms with E-state index in [-0.39, 0.29) is 10.6 Å². The first-order valence-corrected chi connectivity index (χ1v) is 7.53. The third-order valence-electron chi connectivity index (χ3n) is 3.00. The number of nitrogens with one attached hydrogen (secondary N) is 1. The maximum atomic E-state index is 12.5. The maximum absolute atomic E-state index is 12.5. The second kappa shape index (κ2) is 7.20. The highest BCUT2D eigenvalue weighted by molar-refractivity contribution is 7.99. The van der Waals surface area contributed by atoms with E-state index in [0.717, 1.165) is 16.9 Å². The molecule has 0 spiro atoms. The molecule has 0 radical (unpaired) electrons. The Kier molecular flexibility index (Phi) is 5.47. The van der Waals surface area contributed by atoms with Gasteiger partial charge in [0.05, 0.1) is 0 Å². The van der Waals surface area contributed by atoms with Crippen LogP contribution in [0.2, 0.25) is 0 Å². The molecule has 0 saturated carbocycles. The van der Waals surface area contributed by atoms with Crippen LogP contribution in [0.3, 0.4) is 0 Å². The molecule has 2 rings (SSSR count). The van der Waals surface area contributed by atoms with Gasteiger partial charge in [-0.1, -0.05) is 17.8 Å². The normalized spacial score (nSPS) is 13.1. The van der Waals surface area contributed by atoms with E-state index >= 15 is 0 Å². The number of thioether (sulfide) groups is 1. The molecule has 1 unspecified atom stereocenters. The van der Waals surface area contributed by atoms with E-state index in [0.29, 0.717) is 11.8 Å². The number of hydrogen-bond acceptors (Lipinski definition) is 3. The molecule has 1 amide bonds. The largest absolute Gasteiger partial charge is 0.435 e. The summed E-state index contributed by atoms with van der Waals surface area (Å²) < 4.78 is 63.1. The van der Waals surface area contributed by atoms with Crippen LogP contribution < -0.4 is 5.32 Å². The van der Waals surface area contributed by atoms with Crippen molar-refractivity contribution in [3.63, 3.8) is 0 Å². The minimum Gasteiger partial charge on any atom is -0.324 e. The van der Waals surface area contributed by atoms with Crippen molar-refractivity contribution in [1.82, 2.24) is 9.78 Å². The standard InChI is InChI=1S/C14H12F5N3OS/c1-8(22-6-5-11(21-22)14(17,18)19)12(23)20-9-3-2-4-10(7-9)24-13(15)16/h2-8,13H,1H3,(H,20,23). The number of alkyl halides is 5. The second-order valence-electron chi connectivity index (χ2n) is 4.75. The highest BCUT2D eigenvalue weighted by atomic mass is 32.2. The van der Waals surface area contributed by atoms with Gasteiger partial charge in [-0.2, -0.15) is 27.1 Å². The molecule has 1 aromatic heterocycles.